The molecule has 1 fully saturated rings. The van der Waals surface area contributed by atoms with Gasteiger partial charge in [0.1, 0.15) is 5.75 Å². The largest absolute Gasteiger partial charge is 0.382 e. The summed E-state index contributed by atoms with van der Waals surface area (Å²) in [6, 6.07) is 11.8. The minimum atomic E-state index is -3.77. The van der Waals surface area contributed by atoms with Crippen LogP contribution in [0.1, 0.15) is 21.1 Å². The van der Waals surface area contributed by atoms with Gasteiger partial charge < -0.3 is 9.50 Å². The summed E-state index contributed by atoms with van der Waals surface area (Å²) in [5.74, 6) is 0.000944. The Balaban J connectivity index is 1.56. The third kappa shape index (κ3) is 4.06. The summed E-state index contributed by atoms with van der Waals surface area (Å²) >= 11 is 0. The van der Waals surface area contributed by atoms with E-state index in [1.807, 2.05) is 12.1 Å². The van der Waals surface area contributed by atoms with Crippen molar-refractivity contribution in [2.75, 3.05) is 11.1 Å². The Labute approximate surface area is 163 Å². The summed E-state index contributed by atoms with van der Waals surface area (Å²) in [5, 5.41) is 9.79. The molecule has 2 N–H and O–H groups in total. The first kappa shape index (κ1) is 17.0. The molecule has 3 aromatic rings. The van der Waals surface area contributed by atoms with Gasteiger partial charge in [0.25, 0.3) is 5.95 Å². The van der Waals surface area contributed by atoms with Gasteiger partial charge in [-0.3, -0.25) is 5.32 Å². The maximum atomic E-state index is 11.9. The maximum Gasteiger partial charge on any atom is 0.321 e. The van der Waals surface area contributed by atoms with Gasteiger partial charge >= 0.3 is 16.1 Å². The molecule has 4 rings (SSSR count). The SMILES string of the molecule is [2H]CCS(=O)(=O)Oc1ccc(-c2cccc3nc(NC(=O)NC4CC4)nn23)cc1. The zero-order chi connectivity index (χ0) is 20.4. The van der Waals surface area contributed by atoms with Crippen molar-refractivity contribution in [3.63, 3.8) is 0 Å². The van der Waals surface area contributed by atoms with E-state index in [4.69, 9.17) is 5.55 Å². The summed E-state index contributed by atoms with van der Waals surface area (Å²) in [6.07, 6.45) is 1.97. The molecule has 146 valence electrons. The van der Waals surface area contributed by atoms with Crippen LogP contribution in [0.15, 0.2) is 42.5 Å². The molecule has 0 bridgehead atoms. The van der Waals surface area contributed by atoms with E-state index in [-0.39, 0.29) is 36.4 Å². The van der Waals surface area contributed by atoms with Crippen LogP contribution in [0, 0.1) is 0 Å². The van der Waals surface area contributed by atoms with Crippen molar-refractivity contribution in [3.05, 3.63) is 42.5 Å². The lowest BCUT2D eigenvalue weighted by Gasteiger charge is -2.07. The summed E-state index contributed by atoms with van der Waals surface area (Å²) in [5.41, 5.74) is 2.04. The molecule has 1 aliphatic carbocycles. The zero-order valence-electron chi connectivity index (χ0n) is 15.8. The first-order valence-corrected chi connectivity index (χ1v) is 10.3. The van der Waals surface area contributed by atoms with Gasteiger partial charge in [0.05, 0.1) is 11.4 Å². The lowest BCUT2D eigenvalue weighted by atomic mass is 10.1. The summed E-state index contributed by atoms with van der Waals surface area (Å²) in [6.45, 7) is -0.260. The van der Waals surface area contributed by atoms with Gasteiger partial charge in [-0.1, -0.05) is 6.07 Å². The van der Waals surface area contributed by atoms with Crippen LogP contribution in [0.2, 0.25) is 0 Å². The molecule has 0 radical (unpaired) electrons. The molecular weight excluding hydrogens is 382 g/mol. The number of rotatable bonds is 6. The quantitative estimate of drug-likeness (QED) is 0.612. The number of amides is 2. The predicted octanol–water partition coefficient (Wildman–Crippen LogP) is 2.41. The lowest BCUT2D eigenvalue weighted by Crippen LogP contribution is -2.30. The topological polar surface area (TPSA) is 115 Å². The highest BCUT2D eigenvalue weighted by Gasteiger charge is 2.23. The Morgan fingerprint density at radius 3 is 2.79 bits per heavy atom. The van der Waals surface area contributed by atoms with E-state index in [2.05, 4.69) is 20.7 Å². The van der Waals surface area contributed by atoms with E-state index >= 15 is 0 Å². The number of hydrogen-bond donors (Lipinski definition) is 2. The highest BCUT2D eigenvalue weighted by molar-refractivity contribution is 7.87. The molecule has 2 aromatic heterocycles. The highest BCUT2D eigenvalue weighted by Crippen LogP contribution is 2.24. The van der Waals surface area contributed by atoms with Crippen LogP contribution in [-0.2, 0) is 10.1 Å². The number of urea groups is 1. The highest BCUT2D eigenvalue weighted by atomic mass is 32.2. The predicted molar refractivity (Wildman–Crippen MR) is 104 cm³/mol. The molecule has 0 atom stereocenters. The normalized spacial score (nSPS) is 14.5. The Morgan fingerprint density at radius 1 is 1.29 bits per heavy atom. The second kappa shape index (κ2) is 7.12. The lowest BCUT2D eigenvalue weighted by molar-refractivity contribution is 0.251. The standard InChI is InChI=1S/C18H19N5O4S/c1-2-28(25,26)27-14-10-6-12(7-11-14)15-4-3-5-16-20-17(22-23(15)16)21-18(24)19-13-8-9-13/h3-7,10-11,13H,2,8-9H2,1H3,(H2,19,21,22,24)/i1D. The van der Waals surface area contributed by atoms with Crippen LogP contribution in [0.3, 0.4) is 0 Å². The number of hydrogen-bond acceptors (Lipinski definition) is 6. The molecule has 2 heterocycles. The number of carbonyl (C=O) groups is 1. The van der Waals surface area contributed by atoms with Gasteiger partial charge in [-0.25, -0.2) is 9.31 Å². The van der Waals surface area contributed by atoms with Crippen molar-refractivity contribution >= 4 is 27.7 Å². The fourth-order valence-electron chi connectivity index (χ4n) is 2.60. The fourth-order valence-corrected chi connectivity index (χ4v) is 3.08. The number of anilines is 1. The van der Waals surface area contributed by atoms with E-state index < -0.39 is 10.1 Å². The molecule has 0 aliphatic heterocycles. The number of carbonyl (C=O) groups excluding carboxylic acids is 1. The maximum absolute atomic E-state index is 11.9. The van der Waals surface area contributed by atoms with Crippen LogP contribution in [0.25, 0.3) is 16.9 Å². The second-order valence-corrected chi connectivity index (χ2v) is 8.05. The molecule has 0 spiro atoms. The molecular formula is C18H19N5O4S. The van der Waals surface area contributed by atoms with Crippen molar-refractivity contribution in [1.29, 1.82) is 0 Å². The van der Waals surface area contributed by atoms with Crippen LogP contribution >= 0.6 is 0 Å². The van der Waals surface area contributed by atoms with Gasteiger partial charge in [0.2, 0.25) is 0 Å². The minimum Gasteiger partial charge on any atom is -0.382 e. The van der Waals surface area contributed by atoms with Crippen molar-refractivity contribution < 1.29 is 18.8 Å². The van der Waals surface area contributed by atoms with E-state index in [9.17, 15) is 13.2 Å². The van der Waals surface area contributed by atoms with Crippen LogP contribution in [0.5, 0.6) is 5.75 Å². The van der Waals surface area contributed by atoms with Gasteiger partial charge in [-0.2, -0.15) is 13.4 Å². The van der Waals surface area contributed by atoms with E-state index in [1.54, 1.807) is 22.7 Å². The molecule has 28 heavy (non-hydrogen) atoms. The number of fused-ring (bicyclic) bond motifs is 1. The number of nitrogens with zero attached hydrogens (tertiary/aromatic N) is 3. The first-order chi connectivity index (χ1) is 13.9. The molecule has 9 nitrogen and oxygen atoms in total. The van der Waals surface area contributed by atoms with Gasteiger partial charge in [-0.15, -0.1) is 5.10 Å². The molecule has 10 heteroatoms. The third-order valence-electron chi connectivity index (χ3n) is 4.12. The molecule has 1 aromatic carbocycles. The molecule has 0 unspecified atom stereocenters. The monoisotopic (exact) mass is 402 g/mol. The second-order valence-electron chi connectivity index (χ2n) is 6.36. The van der Waals surface area contributed by atoms with Gasteiger partial charge in [-0.05, 0) is 56.1 Å². The minimum absolute atomic E-state index is 0.173. The van der Waals surface area contributed by atoms with E-state index in [1.165, 1.54) is 12.1 Å². The first-order valence-electron chi connectivity index (χ1n) is 9.39. The smallest absolute Gasteiger partial charge is 0.321 e. The van der Waals surface area contributed by atoms with Crippen LogP contribution in [-0.4, -0.2) is 40.8 Å². The molecule has 2 amide bonds. The summed E-state index contributed by atoms with van der Waals surface area (Å²) in [7, 11) is -3.77. The van der Waals surface area contributed by atoms with Gasteiger partial charge in [0.15, 0.2) is 5.65 Å². The Kier molecular flexibility index (Phi) is 4.32. The third-order valence-corrected chi connectivity index (χ3v) is 5.07. The van der Waals surface area contributed by atoms with E-state index in [0.29, 0.717) is 11.3 Å². The number of aromatic nitrogens is 3. The van der Waals surface area contributed by atoms with Gasteiger partial charge in [0, 0.05) is 13.0 Å². The van der Waals surface area contributed by atoms with Crippen molar-refractivity contribution in [2.45, 2.75) is 25.8 Å². The summed E-state index contributed by atoms with van der Waals surface area (Å²) < 4.78 is 37.0. The summed E-state index contributed by atoms with van der Waals surface area (Å²) in [4.78, 5) is 16.2. The Bertz CT molecular complexity index is 1140. The molecule has 1 saturated carbocycles. The van der Waals surface area contributed by atoms with Crippen molar-refractivity contribution in [3.8, 4) is 17.0 Å². The molecule has 0 saturated heterocycles. The number of benzene rings is 1. The van der Waals surface area contributed by atoms with Crippen molar-refractivity contribution in [2.24, 2.45) is 0 Å². The van der Waals surface area contributed by atoms with Crippen LogP contribution < -0.4 is 14.8 Å². The number of pyridine rings is 1. The molecule has 1 aliphatic rings. The number of nitrogens with one attached hydrogen (secondary N) is 2. The Hall–Kier alpha value is -3.14. The Morgan fingerprint density at radius 2 is 2.07 bits per heavy atom. The van der Waals surface area contributed by atoms with E-state index in [0.717, 1.165) is 18.4 Å². The van der Waals surface area contributed by atoms with Crippen molar-refractivity contribution in [1.82, 2.24) is 19.9 Å². The van der Waals surface area contributed by atoms with Crippen LogP contribution in [0.4, 0.5) is 10.7 Å². The fraction of sp³-hybridized carbons (Fsp3) is 0.278. The average Bonchev–Trinajstić information content (AvgIpc) is 3.37. The average molecular weight is 402 g/mol. The zero-order valence-corrected chi connectivity index (χ0v) is 15.6.